The standard InChI is InChI=1S/C22H27NO4/c1-3-14(24)8-11-26-18-7-4-13-12-16-15-5-6-17(25)21-22(15,9-10-23(16)2)19(13)20(18)27-21/h4-7,15-17,21,25H,3,8-12H2,1-2H3/t15-,16+,17-,21-,22-/m0/s1. The normalized spacial score (nSPS) is 35.5. The first-order valence-corrected chi connectivity index (χ1v) is 10.1. The van der Waals surface area contributed by atoms with Gasteiger partial charge in [-0.1, -0.05) is 25.1 Å². The van der Waals surface area contributed by atoms with E-state index in [1.165, 1.54) is 11.1 Å². The fourth-order valence-corrected chi connectivity index (χ4v) is 5.79. The minimum absolute atomic E-state index is 0.160. The molecule has 2 bridgehead atoms. The molecule has 1 spiro atoms. The van der Waals surface area contributed by atoms with Crippen molar-refractivity contribution in [3.63, 3.8) is 0 Å². The molecule has 27 heavy (non-hydrogen) atoms. The molecule has 4 aliphatic rings. The number of aliphatic hydroxyl groups is 1. The van der Waals surface area contributed by atoms with Gasteiger partial charge in [-0.25, -0.2) is 0 Å². The second-order valence-electron chi connectivity index (χ2n) is 8.40. The third-order valence-electron chi connectivity index (χ3n) is 7.17. The second kappa shape index (κ2) is 6.08. The van der Waals surface area contributed by atoms with E-state index in [1.807, 2.05) is 19.1 Å². The van der Waals surface area contributed by atoms with Gasteiger partial charge in [0.25, 0.3) is 0 Å². The highest BCUT2D eigenvalue weighted by Crippen LogP contribution is 2.62. The molecule has 2 aliphatic heterocycles. The SMILES string of the molecule is CCC(=O)CCOc1ccc2c3c1O[C@H]1[C@@H](O)C=C[C@H]4[C@@H](C2)N(C)CC[C@@]341. The van der Waals surface area contributed by atoms with Crippen LogP contribution in [0.15, 0.2) is 24.3 Å². The summed E-state index contributed by atoms with van der Waals surface area (Å²) in [6.07, 6.45) is 6.22. The van der Waals surface area contributed by atoms with Gasteiger partial charge in [0.05, 0.1) is 6.61 Å². The van der Waals surface area contributed by atoms with Crippen LogP contribution in [-0.4, -0.2) is 54.2 Å². The molecule has 2 aliphatic carbocycles. The molecule has 5 heteroatoms. The van der Waals surface area contributed by atoms with E-state index in [0.717, 1.165) is 25.1 Å². The maximum absolute atomic E-state index is 11.6. The average molecular weight is 369 g/mol. The van der Waals surface area contributed by atoms with Gasteiger partial charge in [0.1, 0.15) is 18.0 Å². The summed E-state index contributed by atoms with van der Waals surface area (Å²) in [5, 5.41) is 10.7. The summed E-state index contributed by atoms with van der Waals surface area (Å²) in [7, 11) is 2.20. The van der Waals surface area contributed by atoms with Gasteiger partial charge < -0.3 is 19.5 Å². The summed E-state index contributed by atoms with van der Waals surface area (Å²) >= 11 is 0. The number of likely N-dealkylation sites (tertiary alicyclic amines) is 1. The van der Waals surface area contributed by atoms with Crippen LogP contribution in [0.2, 0.25) is 0 Å². The third kappa shape index (κ3) is 2.28. The first-order valence-electron chi connectivity index (χ1n) is 10.1. The van der Waals surface area contributed by atoms with Crippen LogP contribution < -0.4 is 9.47 Å². The molecule has 1 fully saturated rings. The summed E-state index contributed by atoms with van der Waals surface area (Å²) < 4.78 is 12.4. The number of hydrogen-bond acceptors (Lipinski definition) is 5. The Labute approximate surface area is 160 Å². The molecule has 5 nitrogen and oxygen atoms in total. The lowest BCUT2D eigenvalue weighted by Crippen LogP contribution is -2.64. The first kappa shape index (κ1) is 17.3. The number of Topliss-reactive ketones (excluding diaryl/α,β-unsaturated/α-hetero) is 1. The van der Waals surface area contributed by atoms with E-state index in [9.17, 15) is 9.90 Å². The fraction of sp³-hybridized carbons (Fsp3) is 0.591. The number of carbonyl (C=O) groups excluding carboxylic acids is 1. The summed E-state index contributed by atoms with van der Waals surface area (Å²) in [6.45, 7) is 3.25. The summed E-state index contributed by atoms with van der Waals surface area (Å²) in [4.78, 5) is 14.1. The van der Waals surface area contributed by atoms with Crippen molar-refractivity contribution in [3.8, 4) is 11.5 Å². The number of hydrogen-bond donors (Lipinski definition) is 1. The predicted octanol–water partition coefficient (Wildman–Crippen LogP) is 2.24. The molecule has 0 unspecified atom stereocenters. The highest BCUT2D eigenvalue weighted by Gasteiger charge is 2.64. The zero-order valence-electron chi connectivity index (χ0n) is 16.0. The lowest BCUT2D eigenvalue weighted by atomic mass is 9.53. The van der Waals surface area contributed by atoms with Gasteiger partial charge in [0, 0.05) is 35.8 Å². The van der Waals surface area contributed by atoms with Crippen LogP contribution >= 0.6 is 0 Å². The second-order valence-corrected chi connectivity index (χ2v) is 8.40. The number of nitrogens with zero attached hydrogens (tertiary/aromatic N) is 1. The molecule has 1 saturated heterocycles. The lowest BCUT2D eigenvalue weighted by molar-refractivity contribution is -0.119. The van der Waals surface area contributed by atoms with Crippen LogP contribution in [0.1, 0.15) is 37.3 Å². The number of piperidine rings is 1. The molecule has 0 amide bonds. The van der Waals surface area contributed by atoms with Crippen molar-refractivity contribution >= 4 is 5.78 Å². The molecule has 1 aromatic rings. The highest BCUT2D eigenvalue weighted by atomic mass is 16.5. The Morgan fingerprint density at radius 2 is 2.26 bits per heavy atom. The molecule has 1 aromatic carbocycles. The van der Waals surface area contributed by atoms with E-state index < -0.39 is 6.10 Å². The quantitative estimate of drug-likeness (QED) is 0.807. The molecule has 0 saturated carbocycles. The number of ketones is 1. The molecule has 5 rings (SSSR count). The molecular weight excluding hydrogens is 342 g/mol. The number of aliphatic hydroxyl groups excluding tert-OH is 1. The summed E-state index contributed by atoms with van der Waals surface area (Å²) in [6, 6.07) is 4.59. The largest absolute Gasteiger partial charge is 0.489 e. The number of likely N-dealkylation sites (N-methyl/N-ethyl adjacent to an activating group) is 1. The Hall–Kier alpha value is -1.85. The Kier molecular flexibility index (Phi) is 3.89. The van der Waals surface area contributed by atoms with Crippen molar-refractivity contribution in [2.24, 2.45) is 5.92 Å². The Bertz CT molecular complexity index is 819. The minimum Gasteiger partial charge on any atom is -0.489 e. The smallest absolute Gasteiger partial charge is 0.165 e. The van der Waals surface area contributed by atoms with Gasteiger partial charge in [-0.3, -0.25) is 4.79 Å². The molecule has 0 aromatic heterocycles. The molecule has 0 radical (unpaired) electrons. The Morgan fingerprint density at radius 3 is 3.07 bits per heavy atom. The molecule has 144 valence electrons. The number of carbonyl (C=O) groups is 1. The van der Waals surface area contributed by atoms with E-state index in [2.05, 4.69) is 24.1 Å². The number of benzene rings is 1. The maximum atomic E-state index is 11.6. The summed E-state index contributed by atoms with van der Waals surface area (Å²) in [5.41, 5.74) is 2.41. The topological polar surface area (TPSA) is 59.0 Å². The number of rotatable bonds is 5. The van der Waals surface area contributed by atoms with Crippen molar-refractivity contribution in [3.05, 3.63) is 35.4 Å². The third-order valence-corrected chi connectivity index (χ3v) is 7.17. The van der Waals surface area contributed by atoms with E-state index >= 15 is 0 Å². The zero-order valence-corrected chi connectivity index (χ0v) is 16.0. The lowest BCUT2D eigenvalue weighted by Gasteiger charge is -2.56. The van der Waals surface area contributed by atoms with Crippen molar-refractivity contribution in [2.75, 3.05) is 20.2 Å². The van der Waals surface area contributed by atoms with Crippen LogP contribution in [-0.2, 0) is 16.6 Å². The molecule has 1 N–H and O–H groups in total. The maximum Gasteiger partial charge on any atom is 0.165 e. The van der Waals surface area contributed by atoms with Crippen molar-refractivity contribution in [1.29, 1.82) is 0 Å². The average Bonchev–Trinajstić information content (AvgIpc) is 3.02. The minimum atomic E-state index is -0.599. The molecule has 2 heterocycles. The zero-order chi connectivity index (χ0) is 18.8. The Balaban J connectivity index is 1.57. The monoisotopic (exact) mass is 369 g/mol. The predicted molar refractivity (Wildman–Crippen MR) is 101 cm³/mol. The van der Waals surface area contributed by atoms with Crippen molar-refractivity contribution < 1.29 is 19.4 Å². The number of ether oxygens (including phenoxy) is 2. The van der Waals surface area contributed by atoms with Crippen LogP contribution in [0.25, 0.3) is 0 Å². The van der Waals surface area contributed by atoms with Gasteiger partial charge in [-0.2, -0.15) is 0 Å². The Morgan fingerprint density at radius 1 is 1.41 bits per heavy atom. The van der Waals surface area contributed by atoms with Crippen LogP contribution in [0.5, 0.6) is 11.5 Å². The van der Waals surface area contributed by atoms with Gasteiger partial charge in [0.2, 0.25) is 0 Å². The molecular formula is C22H27NO4. The van der Waals surface area contributed by atoms with Crippen molar-refractivity contribution in [2.45, 2.75) is 56.3 Å². The van der Waals surface area contributed by atoms with Crippen LogP contribution in [0.4, 0.5) is 0 Å². The van der Waals surface area contributed by atoms with Gasteiger partial charge in [0.15, 0.2) is 11.5 Å². The first-order chi connectivity index (χ1) is 13.1. The van der Waals surface area contributed by atoms with Gasteiger partial charge in [-0.05, 0) is 38.1 Å². The van der Waals surface area contributed by atoms with E-state index in [0.29, 0.717) is 37.2 Å². The summed E-state index contributed by atoms with van der Waals surface area (Å²) in [5.74, 6) is 2.08. The van der Waals surface area contributed by atoms with Crippen LogP contribution in [0.3, 0.4) is 0 Å². The molecule has 5 atom stereocenters. The van der Waals surface area contributed by atoms with Crippen molar-refractivity contribution in [1.82, 2.24) is 4.90 Å². The van der Waals surface area contributed by atoms with E-state index in [-0.39, 0.29) is 17.3 Å². The van der Waals surface area contributed by atoms with Gasteiger partial charge in [-0.15, -0.1) is 0 Å². The fourth-order valence-electron chi connectivity index (χ4n) is 5.79. The van der Waals surface area contributed by atoms with Gasteiger partial charge >= 0.3 is 0 Å². The van der Waals surface area contributed by atoms with E-state index in [4.69, 9.17) is 9.47 Å². The van der Waals surface area contributed by atoms with Crippen LogP contribution in [0, 0.1) is 5.92 Å². The van der Waals surface area contributed by atoms with E-state index in [1.54, 1.807) is 0 Å². The highest BCUT2D eigenvalue weighted by molar-refractivity contribution is 5.78.